The molecule has 0 saturated heterocycles. The Kier molecular flexibility index (Phi) is 10.5. The van der Waals surface area contributed by atoms with E-state index in [-0.39, 0.29) is 0 Å². The van der Waals surface area contributed by atoms with Crippen molar-refractivity contribution in [2.75, 3.05) is 0 Å². The summed E-state index contributed by atoms with van der Waals surface area (Å²) in [5, 5.41) is 34.8. The van der Waals surface area contributed by atoms with E-state index in [0.29, 0.717) is 34.2 Å². The molecular formula is C66H38N8. The maximum Gasteiger partial charge on any atom is 0.164 e. The van der Waals surface area contributed by atoms with Gasteiger partial charge in [-0.1, -0.05) is 133 Å². The van der Waals surface area contributed by atoms with Gasteiger partial charge in [0.25, 0.3) is 0 Å². The topological polar surface area (TPSA) is 120 Å². The highest BCUT2D eigenvalue weighted by molar-refractivity contribution is 6.10. The molecule has 8 nitrogen and oxygen atoms in total. The third-order valence-electron chi connectivity index (χ3n) is 13.8. The Bertz CT molecular complexity index is 4210. The monoisotopic (exact) mass is 942 g/mol. The van der Waals surface area contributed by atoms with Gasteiger partial charge >= 0.3 is 0 Å². The number of rotatable bonds is 8. The number of benzene rings is 10. The van der Waals surface area contributed by atoms with E-state index in [2.05, 4.69) is 161 Å². The van der Waals surface area contributed by atoms with E-state index in [9.17, 15) is 15.8 Å². The van der Waals surface area contributed by atoms with Gasteiger partial charge in [0.05, 0.1) is 57.0 Å². The minimum Gasteiger partial charge on any atom is -0.309 e. The van der Waals surface area contributed by atoms with Crippen LogP contribution in [0.4, 0.5) is 0 Å². The Morgan fingerprint density at radius 1 is 0.284 bits per heavy atom. The van der Waals surface area contributed by atoms with Gasteiger partial charge in [-0.25, -0.2) is 15.0 Å². The highest BCUT2D eigenvalue weighted by atomic mass is 15.0. The molecule has 0 aliphatic heterocycles. The van der Waals surface area contributed by atoms with Gasteiger partial charge in [-0.3, -0.25) is 0 Å². The lowest BCUT2D eigenvalue weighted by atomic mass is 9.98. The molecule has 0 amide bonds. The first kappa shape index (κ1) is 43.3. The zero-order valence-corrected chi connectivity index (χ0v) is 39.5. The SMILES string of the molecule is N#Cc1cccc(-c2cc(-c3nc(-c4cccc(-c5ccccc5C#N)c4)nc(-c4cc(-c5cccc(C#N)c5)cc(-n5c6ccccc6c6ccccc65)c4)n3)cc(-n3c4ccccc4c4ccccc43)c2)c1. The summed E-state index contributed by atoms with van der Waals surface area (Å²) in [6, 6.07) is 84.3. The van der Waals surface area contributed by atoms with E-state index in [1.165, 1.54) is 0 Å². The Morgan fingerprint density at radius 3 is 1.11 bits per heavy atom. The van der Waals surface area contributed by atoms with Crippen LogP contribution in [0.1, 0.15) is 16.7 Å². The predicted molar refractivity (Wildman–Crippen MR) is 295 cm³/mol. The first-order chi connectivity index (χ1) is 36.5. The van der Waals surface area contributed by atoms with Crippen LogP contribution in [0.15, 0.2) is 231 Å². The average molecular weight is 943 g/mol. The molecule has 0 spiro atoms. The zero-order chi connectivity index (χ0) is 49.7. The quantitative estimate of drug-likeness (QED) is 0.150. The molecule has 13 rings (SSSR count). The van der Waals surface area contributed by atoms with E-state index < -0.39 is 0 Å². The van der Waals surface area contributed by atoms with Crippen molar-refractivity contribution in [2.45, 2.75) is 0 Å². The van der Waals surface area contributed by atoms with Crippen LogP contribution in [-0.2, 0) is 0 Å². The van der Waals surface area contributed by atoms with Crippen molar-refractivity contribution in [3.63, 3.8) is 0 Å². The fraction of sp³-hybridized carbons (Fsp3) is 0. The van der Waals surface area contributed by atoms with E-state index in [0.717, 1.165) is 105 Å². The molecule has 0 atom stereocenters. The minimum atomic E-state index is 0.434. The van der Waals surface area contributed by atoms with Crippen molar-refractivity contribution < 1.29 is 0 Å². The van der Waals surface area contributed by atoms with E-state index in [1.54, 1.807) is 0 Å². The summed E-state index contributed by atoms with van der Waals surface area (Å²) in [5.74, 6) is 1.30. The molecule has 0 saturated carbocycles. The van der Waals surface area contributed by atoms with Gasteiger partial charge in [0.2, 0.25) is 0 Å². The highest BCUT2D eigenvalue weighted by Gasteiger charge is 2.21. The first-order valence-electron chi connectivity index (χ1n) is 24.2. The Labute approximate surface area is 425 Å². The molecule has 0 unspecified atom stereocenters. The number of nitrogens with zero attached hydrogens (tertiary/aromatic N) is 8. The van der Waals surface area contributed by atoms with Gasteiger partial charge in [0.15, 0.2) is 17.5 Å². The molecule has 74 heavy (non-hydrogen) atoms. The molecule has 3 heterocycles. The summed E-state index contributed by atoms with van der Waals surface area (Å²) < 4.78 is 4.56. The summed E-state index contributed by atoms with van der Waals surface area (Å²) in [6.45, 7) is 0. The molecule has 342 valence electrons. The number of hydrogen-bond donors (Lipinski definition) is 0. The van der Waals surface area contributed by atoms with Crippen LogP contribution >= 0.6 is 0 Å². The molecule has 0 aliphatic carbocycles. The van der Waals surface area contributed by atoms with Gasteiger partial charge in [-0.2, -0.15) is 15.8 Å². The maximum atomic E-state index is 10.2. The lowest BCUT2D eigenvalue weighted by molar-refractivity contribution is 1.07. The molecule has 0 aliphatic rings. The van der Waals surface area contributed by atoms with E-state index in [1.807, 2.05) is 97.1 Å². The van der Waals surface area contributed by atoms with Gasteiger partial charge in [-0.05, 0) is 130 Å². The fourth-order valence-corrected chi connectivity index (χ4v) is 10.4. The van der Waals surface area contributed by atoms with Crippen molar-refractivity contribution in [1.82, 2.24) is 24.1 Å². The molecule has 8 heteroatoms. The van der Waals surface area contributed by atoms with Crippen LogP contribution in [0.25, 0.3) is 123 Å². The molecule has 0 fully saturated rings. The van der Waals surface area contributed by atoms with Crippen molar-refractivity contribution >= 4 is 43.6 Å². The van der Waals surface area contributed by atoms with Crippen molar-refractivity contribution in [3.05, 3.63) is 247 Å². The van der Waals surface area contributed by atoms with Crippen molar-refractivity contribution in [1.29, 1.82) is 15.8 Å². The second-order valence-corrected chi connectivity index (χ2v) is 18.2. The predicted octanol–water partition coefficient (Wildman–Crippen LogP) is 15.7. The summed E-state index contributed by atoms with van der Waals surface area (Å²) in [4.78, 5) is 16.2. The van der Waals surface area contributed by atoms with Crippen LogP contribution in [0.2, 0.25) is 0 Å². The average Bonchev–Trinajstić information content (AvgIpc) is 4.00. The number of fused-ring (bicyclic) bond motifs is 6. The standard InChI is InChI=1S/C66H38N8/c67-39-42-14-11-17-44(30-42)49-33-51(37-53(35-49)73-60-26-7-3-22-56(60)57-23-4-8-27-61(57)73)65-70-64(47-20-13-19-46(32-47)55-21-2-1-16-48(55)41-69)71-66(72-65)52-34-50(45-18-12-15-43(31-45)40-68)36-54(38-52)74-62-28-9-5-24-58(62)59-25-6-10-29-63(59)74/h1-38H. The Morgan fingerprint density at radius 2 is 0.649 bits per heavy atom. The van der Waals surface area contributed by atoms with Crippen LogP contribution in [0, 0.1) is 34.0 Å². The summed E-state index contributed by atoms with van der Waals surface area (Å²) in [5.41, 5.74) is 15.0. The number of nitriles is 3. The Hall–Kier alpha value is -10.7. The van der Waals surface area contributed by atoms with E-state index >= 15 is 0 Å². The molecule has 0 N–H and O–H groups in total. The molecule has 3 aromatic heterocycles. The fourth-order valence-electron chi connectivity index (χ4n) is 10.4. The molecule has 0 bridgehead atoms. The smallest absolute Gasteiger partial charge is 0.164 e. The molecular weight excluding hydrogens is 905 g/mol. The Balaban J connectivity index is 1.10. The zero-order valence-electron chi connectivity index (χ0n) is 39.5. The summed E-state index contributed by atoms with van der Waals surface area (Å²) in [7, 11) is 0. The second-order valence-electron chi connectivity index (χ2n) is 18.2. The summed E-state index contributed by atoms with van der Waals surface area (Å²) >= 11 is 0. The molecule has 0 radical (unpaired) electrons. The second kappa shape index (κ2) is 17.9. The van der Waals surface area contributed by atoms with Crippen molar-refractivity contribution in [2.24, 2.45) is 0 Å². The van der Waals surface area contributed by atoms with Crippen LogP contribution in [0.5, 0.6) is 0 Å². The largest absolute Gasteiger partial charge is 0.309 e. The number of para-hydroxylation sites is 4. The first-order valence-corrected chi connectivity index (χ1v) is 24.2. The maximum absolute atomic E-state index is 10.2. The third kappa shape index (κ3) is 7.50. The van der Waals surface area contributed by atoms with Crippen LogP contribution in [0.3, 0.4) is 0 Å². The lowest BCUT2D eigenvalue weighted by Gasteiger charge is -2.16. The highest BCUT2D eigenvalue weighted by Crippen LogP contribution is 2.39. The molecule has 13 aromatic rings. The summed E-state index contributed by atoms with van der Waals surface area (Å²) in [6.07, 6.45) is 0. The van der Waals surface area contributed by atoms with Gasteiger partial charge < -0.3 is 9.13 Å². The van der Waals surface area contributed by atoms with E-state index in [4.69, 9.17) is 15.0 Å². The third-order valence-corrected chi connectivity index (χ3v) is 13.8. The number of hydrogen-bond acceptors (Lipinski definition) is 6. The van der Waals surface area contributed by atoms with Gasteiger partial charge in [-0.15, -0.1) is 0 Å². The number of aromatic nitrogens is 5. The van der Waals surface area contributed by atoms with Gasteiger partial charge in [0, 0.05) is 49.6 Å². The molecule has 10 aromatic carbocycles. The lowest BCUT2D eigenvalue weighted by Crippen LogP contribution is -2.03. The van der Waals surface area contributed by atoms with Crippen LogP contribution in [-0.4, -0.2) is 24.1 Å². The van der Waals surface area contributed by atoms with Gasteiger partial charge in [0.1, 0.15) is 0 Å². The van der Waals surface area contributed by atoms with Crippen molar-refractivity contribution in [3.8, 4) is 97.1 Å². The normalized spacial score (nSPS) is 11.2. The van der Waals surface area contributed by atoms with Crippen LogP contribution < -0.4 is 0 Å². The minimum absolute atomic E-state index is 0.434.